The van der Waals surface area contributed by atoms with Crippen molar-refractivity contribution in [3.8, 4) is 0 Å². The van der Waals surface area contributed by atoms with Gasteiger partial charge in [0.1, 0.15) is 5.82 Å². The maximum absolute atomic E-state index is 5.62. The van der Waals surface area contributed by atoms with E-state index < -0.39 is 0 Å². The van der Waals surface area contributed by atoms with E-state index in [1.54, 1.807) is 0 Å². The van der Waals surface area contributed by atoms with Crippen molar-refractivity contribution in [2.45, 2.75) is 44.7 Å². The first kappa shape index (κ1) is 13.8. The van der Waals surface area contributed by atoms with Gasteiger partial charge in [-0.3, -0.25) is 4.90 Å². The Balaban J connectivity index is 1.54. The van der Waals surface area contributed by atoms with Gasteiger partial charge in [0.25, 0.3) is 0 Å². The van der Waals surface area contributed by atoms with E-state index in [1.807, 2.05) is 6.20 Å². The second-order valence-electron chi connectivity index (χ2n) is 6.04. The molecule has 0 aromatic carbocycles. The molecule has 20 heavy (non-hydrogen) atoms. The van der Waals surface area contributed by atoms with Gasteiger partial charge in [-0.05, 0) is 24.5 Å². The molecule has 0 spiro atoms. The normalized spacial score (nSPS) is 22.1. The summed E-state index contributed by atoms with van der Waals surface area (Å²) in [5.41, 5.74) is 6.72. The van der Waals surface area contributed by atoms with Crippen LogP contribution in [0.15, 0.2) is 18.3 Å². The van der Waals surface area contributed by atoms with Crippen molar-refractivity contribution in [1.82, 2.24) is 9.88 Å². The van der Waals surface area contributed by atoms with Gasteiger partial charge >= 0.3 is 0 Å². The highest BCUT2D eigenvalue weighted by atomic mass is 15.3. The van der Waals surface area contributed by atoms with Crippen LogP contribution in [0.4, 0.5) is 5.82 Å². The van der Waals surface area contributed by atoms with Gasteiger partial charge in [-0.1, -0.05) is 25.3 Å². The van der Waals surface area contributed by atoms with E-state index in [0.29, 0.717) is 6.54 Å². The molecule has 1 aliphatic carbocycles. The molecule has 4 nitrogen and oxygen atoms in total. The standard InChI is InChI=1S/C16H26N4/c17-12-14-6-7-16(18-13-14)20-10-8-19(9-11-20)15-4-2-1-3-5-15/h6-7,13,15H,1-5,8-12,17H2. The maximum atomic E-state index is 5.62. The first-order valence-electron chi connectivity index (χ1n) is 8.01. The summed E-state index contributed by atoms with van der Waals surface area (Å²) in [7, 11) is 0. The first-order chi connectivity index (χ1) is 9.86. The van der Waals surface area contributed by atoms with Gasteiger partial charge in [0, 0.05) is 45.0 Å². The van der Waals surface area contributed by atoms with Crippen molar-refractivity contribution in [2.24, 2.45) is 5.73 Å². The van der Waals surface area contributed by atoms with Crippen LogP contribution in [-0.2, 0) is 6.54 Å². The summed E-state index contributed by atoms with van der Waals surface area (Å²) in [6.07, 6.45) is 9.00. The van der Waals surface area contributed by atoms with E-state index in [4.69, 9.17) is 5.73 Å². The third-order valence-electron chi connectivity index (χ3n) is 4.77. The largest absolute Gasteiger partial charge is 0.354 e. The highest BCUT2D eigenvalue weighted by Gasteiger charge is 2.25. The Hall–Kier alpha value is -1.13. The number of aromatic nitrogens is 1. The molecule has 0 bridgehead atoms. The van der Waals surface area contributed by atoms with E-state index >= 15 is 0 Å². The van der Waals surface area contributed by atoms with Crippen LogP contribution in [0.25, 0.3) is 0 Å². The monoisotopic (exact) mass is 274 g/mol. The van der Waals surface area contributed by atoms with Gasteiger partial charge in [0.2, 0.25) is 0 Å². The minimum atomic E-state index is 0.572. The van der Waals surface area contributed by atoms with Crippen LogP contribution >= 0.6 is 0 Å². The molecule has 1 aromatic rings. The molecule has 2 heterocycles. The van der Waals surface area contributed by atoms with Gasteiger partial charge in [-0.25, -0.2) is 4.98 Å². The van der Waals surface area contributed by atoms with Gasteiger partial charge < -0.3 is 10.6 Å². The van der Waals surface area contributed by atoms with Crippen LogP contribution in [0, 0.1) is 0 Å². The SMILES string of the molecule is NCc1ccc(N2CCN(C3CCCCC3)CC2)nc1. The summed E-state index contributed by atoms with van der Waals surface area (Å²) >= 11 is 0. The van der Waals surface area contributed by atoms with Crippen molar-refractivity contribution < 1.29 is 0 Å². The molecule has 3 rings (SSSR count). The number of nitrogens with two attached hydrogens (primary N) is 1. The fraction of sp³-hybridized carbons (Fsp3) is 0.688. The van der Waals surface area contributed by atoms with Crippen LogP contribution in [0.5, 0.6) is 0 Å². The Kier molecular flexibility index (Phi) is 4.53. The Labute approximate surface area is 122 Å². The van der Waals surface area contributed by atoms with Crippen molar-refractivity contribution in [2.75, 3.05) is 31.1 Å². The summed E-state index contributed by atoms with van der Waals surface area (Å²) in [6.45, 7) is 5.15. The minimum Gasteiger partial charge on any atom is -0.354 e. The number of rotatable bonds is 3. The molecule has 1 aliphatic heterocycles. The maximum Gasteiger partial charge on any atom is 0.128 e. The summed E-state index contributed by atoms with van der Waals surface area (Å²) in [4.78, 5) is 9.64. The minimum absolute atomic E-state index is 0.572. The van der Waals surface area contributed by atoms with E-state index in [2.05, 4.69) is 26.9 Å². The number of pyridine rings is 1. The second-order valence-corrected chi connectivity index (χ2v) is 6.04. The first-order valence-corrected chi connectivity index (χ1v) is 8.01. The van der Waals surface area contributed by atoms with Crippen molar-refractivity contribution >= 4 is 5.82 Å². The van der Waals surface area contributed by atoms with Crippen LogP contribution in [-0.4, -0.2) is 42.1 Å². The number of nitrogens with zero attached hydrogens (tertiary/aromatic N) is 3. The Morgan fingerprint density at radius 1 is 1.05 bits per heavy atom. The molecule has 1 aromatic heterocycles. The fourth-order valence-electron chi connectivity index (χ4n) is 3.49. The van der Waals surface area contributed by atoms with E-state index in [9.17, 15) is 0 Å². The molecule has 0 amide bonds. The summed E-state index contributed by atoms with van der Waals surface area (Å²) in [6, 6.07) is 5.05. The molecular formula is C16H26N4. The van der Waals surface area contributed by atoms with Gasteiger partial charge in [-0.15, -0.1) is 0 Å². The molecule has 2 fully saturated rings. The second kappa shape index (κ2) is 6.55. The number of hydrogen-bond donors (Lipinski definition) is 1. The van der Waals surface area contributed by atoms with Gasteiger partial charge in [0.15, 0.2) is 0 Å². The van der Waals surface area contributed by atoms with E-state index in [0.717, 1.165) is 30.5 Å². The summed E-state index contributed by atoms with van der Waals surface area (Å²) < 4.78 is 0. The Morgan fingerprint density at radius 2 is 1.80 bits per heavy atom. The third-order valence-corrected chi connectivity index (χ3v) is 4.77. The van der Waals surface area contributed by atoms with E-state index in [-0.39, 0.29) is 0 Å². The molecule has 1 saturated heterocycles. The predicted octanol–water partition coefficient (Wildman–Crippen LogP) is 1.99. The highest BCUT2D eigenvalue weighted by molar-refractivity contribution is 5.39. The molecule has 0 radical (unpaired) electrons. The number of piperazine rings is 1. The number of hydrogen-bond acceptors (Lipinski definition) is 4. The van der Waals surface area contributed by atoms with Crippen molar-refractivity contribution in [3.63, 3.8) is 0 Å². The Bertz CT molecular complexity index is 403. The van der Waals surface area contributed by atoms with Gasteiger partial charge in [0.05, 0.1) is 0 Å². The zero-order chi connectivity index (χ0) is 13.8. The molecule has 1 saturated carbocycles. The fourth-order valence-corrected chi connectivity index (χ4v) is 3.49. The van der Waals surface area contributed by atoms with Crippen LogP contribution in [0.2, 0.25) is 0 Å². The van der Waals surface area contributed by atoms with Crippen LogP contribution < -0.4 is 10.6 Å². The lowest BCUT2D eigenvalue weighted by atomic mass is 9.94. The quantitative estimate of drug-likeness (QED) is 0.915. The lowest BCUT2D eigenvalue weighted by Crippen LogP contribution is -2.51. The molecule has 0 atom stereocenters. The lowest BCUT2D eigenvalue weighted by molar-refractivity contribution is 0.147. The smallest absolute Gasteiger partial charge is 0.128 e. The molecule has 110 valence electrons. The average molecular weight is 274 g/mol. The molecule has 2 N–H and O–H groups in total. The summed E-state index contributed by atoms with van der Waals surface area (Å²) in [5, 5.41) is 0. The van der Waals surface area contributed by atoms with E-state index in [1.165, 1.54) is 45.2 Å². The van der Waals surface area contributed by atoms with Crippen LogP contribution in [0.3, 0.4) is 0 Å². The predicted molar refractivity (Wildman–Crippen MR) is 82.8 cm³/mol. The lowest BCUT2D eigenvalue weighted by Gasteiger charge is -2.41. The topological polar surface area (TPSA) is 45.4 Å². The van der Waals surface area contributed by atoms with Crippen molar-refractivity contribution in [1.29, 1.82) is 0 Å². The zero-order valence-electron chi connectivity index (χ0n) is 12.3. The van der Waals surface area contributed by atoms with Crippen LogP contribution in [0.1, 0.15) is 37.7 Å². The zero-order valence-corrected chi connectivity index (χ0v) is 12.3. The molecule has 0 unspecified atom stereocenters. The summed E-state index contributed by atoms with van der Waals surface area (Å²) in [5.74, 6) is 1.10. The molecular weight excluding hydrogens is 248 g/mol. The number of anilines is 1. The molecule has 4 heteroatoms. The average Bonchev–Trinajstić information content (AvgIpc) is 2.56. The Morgan fingerprint density at radius 3 is 2.40 bits per heavy atom. The van der Waals surface area contributed by atoms with Gasteiger partial charge in [-0.2, -0.15) is 0 Å². The highest BCUT2D eigenvalue weighted by Crippen LogP contribution is 2.24. The molecule has 2 aliphatic rings. The van der Waals surface area contributed by atoms with Crippen molar-refractivity contribution in [3.05, 3.63) is 23.9 Å². The third kappa shape index (κ3) is 3.13.